The molecular weight excluding hydrogens is 356 g/mol. The van der Waals surface area contributed by atoms with Crippen molar-refractivity contribution >= 4 is 33.5 Å². The van der Waals surface area contributed by atoms with Crippen molar-refractivity contribution in [3.05, 3.63) is 46.2 Å². The third kappa shape index (κ3) is 4.07. The second-order valence-electron chi connectivity index (χ2n) is 5.83. The molecule has 6 heteroatoms. The second kappa shape index (κ2) is 7.08. The number of nitrogens with one attached hydrogen (secondary N) is 2. The van der Waals surface area contributed by atoms with Crippen molar-refractivity contribution in [3.8, 4) is 0 Å². The average Bonchev–Trinajstić information content (AvgIpc) is 3.03. The number of aromatic nitrogens is 2. The Kier molecular flexibility index (Phi) is 4.91. The summed E-state index contributed by atoms with van der Waals surface area (Å²) in [6.07, 6.45) is 6.07. The van der Waals surface area contributed by atoms with E-state index in [0.29, 0.717) is 11.6 Å². The molecule has 5 nitrogen and oxygen atoms in total. The lowest BCUT2D eigenvalue weighted by molar-refractivity contribution is 0.0933. The maximum absolute atomic E-state index is 12.3. The number of carbonyl (C=O) groups is 1. The Morgan fingerprint density at radius 1 is 1.26 bits per heavy atom. The van der Waals surface area contributed by atoms with Gasteiger partial charge in [0.2, 0.25) is 5.95 Å². The molecule has 1 aliphatic rings. The van der Waals surface area contributed by atoms with Crippen LogP contribution in [0.1, 0.15) is 41.7 Å². The van der Waals surface area contributed by atoms with Crippen LogP contribution in [0.5, 0.6) is 0 Å². The van der Waals surface area contributed by atoms with Crippen molar-refractivity contribution in [2.75, 3.05) is 5.32 Å². The number of aryl methyl sites for hydroxylation is 1. The van der Waals surface area contributed by atoms with E-state index in [1.165, 1.54) is 12.8 Å². The fourth-order valence-corrected chi connectivity index (χ4v) is 3.31. The number of amides is 1. The molecule has 0 atom stereocenters. The van der Waals surface area contributed by atoms with Crippen molar-refractivity contribution in [1.82, 2.24) is 15.3 Å². The van der Waals surface area contributed by atoms with E-state index in [1.807, 2.05) is 25.1 Å². The van der Waals surface area contributed by atoms with Crippen LogP contribution in [0, 0.1) is 6.92 Å². The van der Waals surface area contributed by atoms with E-state index in [-0.39, 0.29) is 11.9 Å². The van der Waals surface area contributed by atoms with Crippen molar-refractivity contribution in [2.24, 2.45) is 0 Å². The average molecular weight is 375 g/mol. The van der Waals surface area contributed by atoms with Gasteiger partial charge in [-0.25, -0.2) is 9.97 Å². The van der Waals surface area contributed by atoms with E-state index in [0.717, 1.165) is 28.6 Å². The highest BCUT2D eigenvalue weighted by Gasteiger charge is 2.19. The molecule has 1 aromatic heterocycles. The first kappa shape index (κ1) is 15.9. The second-order valence-corrected chi connectivity index (χ2v) is 6.68. The Morgan fingerprint density at radius 3 is 2.78 bits per heavy atom. The highest BCUT2D eigenvalue weighted by atomic mass is 79.9. The fourth-order valence-electron chi connectivity index (χ4n) is 2.72. The molecule has 1 amide bonds. The summed E-state index contributed by atoms with van der Waals surface area (Å²) >= 11 is 3.51. The summed E-state index contributed by atoms with van der Waals surface area (Å²) in [7, 11) is 0. The number of hydrogen-bond acceptors (Lipinski definition) is 4. The van der Waals surface area contributed by atoms with Crippen LogP contribution in [0.25, 0.3) is 0 Å². The van der Waals surface area contributed by atoms with Gasteiger partial charge in [0, 0.05) is 16.7 Å². The monoisotopic (exact) mass is 374 g/mol. The predicted octanol–water partition coefficient (Wildman–Crippen LogP) is 3.96. The molecule has 0 unspecified atom stereocenters. The third-order valence-corrected chi connectivity index (χ3v) is 4.61. The molecule has 0 aliphatic heterocycles. The molecule has 0 radical (unpaired) electrons. The Balaban J connectivity index is 1.72. The van der Waals surface area contributed by atoms with Gasteiger partial charge in [-0.1, -0.05) is 18.9 Å². The summed E-state index contributed by atoms with van der Waals surface area (Å²) in [4.78, 5) is 20.8. The van der Waals surface area contributed by atoms with E-state index in [4.69, 9.17) is 0 Å². The highest BCUT2D eigenvalue weighted by Crippen LogP contribution is 2.25. The minimum Gasteiger partial charge on any atom is -0.348 e. The number of rotatable bonds is 4. The van der Waals surface area contributed by atoms with Crippen LogP contribution < -0.4 is 10.6 Å². The molecule has 1 heterocycles. The van der Waals surface area contributed by atoms with Gasteiger partial charge < -0.3 is 10.6 Å². The SMILES string of the molecule is Cc1ccc(Nc2nccc(C(=O)NC3CCCC3)n2)c(Br)c1. The van der Waals surface area contributed by atoms with Crippen LogP contribution in [-0.4, -0.2) is 21.9 Å². The Hall–Kier alpha value is -1.95. The molecule has 3 rings (SSSR count). The van der Waals surface area contributed by atoms with Crippen LogP contribution in [0.3, 0.4) is 0 Å². The summed E-state index contributed by atoms with van der Waals surface area (Å²) in [6.45, 7) is 2.03. The highest BCUT2D eigenvalue weighted by molar-refractivity contribution is 9.10. The molecule has 1 aliphatic carbocycles. The molecule has 1 saturated carbocycles. The van der Waals surface area contributed by atoms with Gasteiger partial charge in [-0.3, -0.25) is 4.79 Å². The summed E-state index contributed by atoms with van der Waals surface area (Å²) < 4.78 is 0.932. The van der Waals surface area contributed by atoms with E-state index >= 15 is 0 Å². The lowest BCUT2D eigenvalue weighted by Gasteiger charge is -2.12. The van der Waals surface area contributed by atoms with Crippen molar-refractivity contribution in [3.63, 3.8) is 0 Å². The molecular formula is C17H19BrN4O. The molecule has 23 heavy (non-hydrogen) atoms. The van der Waals surface area contributed by atoms with Crippen molar-refractivity contribution < 1.29 is 4.79 Å². The standard InChI is InChI=1S/C17H19BrN4O/c1-11-6-7-14(13(18)10-11)21-17-19-9-8-15(22-17)16(23)20-12-4-2-3-5-12/h6-10,12H,2-5H2,1H3,(H,20,23)(H,19,21,22). The van der Waals surface area contributed by atoms with Gasteiger partial charge in [0.05, 0.1) is 5.69 Å². The van der Waals surface area contributed by atoms with Crippen molar-refractivity contribution in [1.29, 1.82) is 0 Å². The van der Waals surface area contributed by atoms with Gasteiger partial charge in [-0.05, 0) is 59.5 Å². The van der Waals surface area contributed by atoms with Crippen molar-refractivity contribution in [2.45, 2.75) is 38.6 Å². The molecule has 2 aromatic rings. The van der Waals surface area contributed by atoms with Gasteiger partial charge in [-0.15, -0.1) is 0 Å². The third-order valence-electron chi connectivity index (χ3n) is 3.95. The fraction of sp³-hybridized carbons (Fsp3) is 0.353. The first-order valence-electron chi connectivity index (χ1n) is 7.79. The van der Waals surface area contributed by atoms with E-state index in [2.05, 4.69) is 36.5 Å². The van der Waals surface area contributed by atoms with Crippen LogP contribution in [-0.2, 0) is 0 Å². The molecule has 2 N–H and O–H groups in total. The summed E-state index contributed by atoms with van der Waals surface area (Å²) in [5.74, 6) is 0.277. The lowest BCUT2D eigenvalue weighted by atomic mass is 10.2. The maximum atomic E-state index is 12.3. The number of benzene rings is 1. The molecule has 0 spiro atoms. The van der Waals surface area contributed by atoms with Crippen LogP contribution in [0.4, 0.5) is 11.6 Å². The summed E-state index contributed by atoms with van der Waals surface area (Å²) in [5, 5.41) is 6.18. The minimum absolute atomic E-state index is 0.134. The number of halogens is 1. The van der Waals surface area contributed by atoms with E-state index in [1.54, 1.807) is 12.3 Å². The van der Waals surface area contributed by atoms with Crippen LogP contribution in [0.2, 0.25) is 0 Å². The molecule has 1 fully saturated rings. The first-order chi connectivity index (χ1) is 11.1. The molecule has 0 bridgehead atoms. The lowest BCUT2D eigenvalue weighted by Crippen LogP contribution is -2.33. The zero-order valence-electron chi connectivity index (χ0n) is 13.0. The van der Waals surface area contributed by atoms with E-state index in [9.17, 15) is 4.79 Å². The van der Waals surface area contributed by atoms with Gasteiger partial charge >= 0.3 is 0 Å². The van der Waals surface area contributed by atoms with Crippen LogP contribution >= 0.6 is 15.9 Å². The zero-order valence-corrected chi connectivity index (χ0v) is 14.6. The topological polar surface area (TPSA) is 66.9 Å². The number of hydrogen-bond donors (Lipinski definition) is 2. The summed E-state index contributed by atoms with van der Waals surface area (Å²) in [5.41, 5.74) is 2.41. The van der Waals surface area contributed by atoms with Crippen LogP contribution in [0.15, 0.2) is 34.9 Å². The van der Waals surface area contributed by atoms with Gasteiger partial charge in [0.25, 0.3) is 5.91 Å². The zero-order chi connectivity index (χ0) is 16.2. The van der Waals surface area contributed by atoms with Gasteiger partial charge in [-0.2, -0.15) is 0 Å². The number of nitrogens with zero attached hydrogens (tertiary/aromatic N) is 2. The largest absolute Gasteiger partial charge is 0.348 e. The first-order valence-corrected chi connectivity index (χ1v) is 8.58. The smallest absolute Gasteiger partial charge is 0.270 e. The predicted molar refractivity (Wildman–Crippen MR) is 93.9 cm³/mol. The Bertz CT molecular complexity index is 713. The number of anilines is 2. The molecule has 1 aromatic carbocycles. The van der Waals surface area contributed by atoms with E-state index < -0.39 is 0 Å². The normalized spacial score (nSPS) is 14.7. The Morgan fingerprint density at radius 2 is 2.04 bits per heavy atom. The molecule has 0 saturated heterocycles. The maximum Gasteiger partial charge on any atom is 0.270 e. The number of carbonyl (C=O) groups excluding carboxylic acids is 1. The Labute approximate surface area is 144 Å². The molecule has 120 valence electrons. The van der Waals surface area contributed by atoms with Gasteiger partial charge in [0.15, 0.2) is 0 Å². The van der Waals surface area contributed by atoms with Gasteiger partial charge in [0.1, 0.15) is 5.69 Å². The quantitative estimate of drug-likeness (QED) is 0.849. The summed E-state index contributed by atoms with van der Waals surface area (Å²) in [6, 6.07) is 7.89. The minimum atomic E-state index is -0.134.